The Morgan fingerprint density at radius 1 is 1.30 bits per heavy atom. The largest absolute Gasteiger partial charge is 0.511 e. The van der Waals surface area contributed by atoms with Gasteiger partial charge < -0.3 is 14.6 Å². The number of benzene rings is 1. The monoisotopic (exact) mass is 274 g/mol. The first-order valence-electron chi connectivity index (χ1n) is 6.44. The van der Waals surface area contributed by atoms with Crippen LogP contribution >= 0.6 is 0 Å². The second-order valence-corrected chi connectivity index (χ2v) is 4.94. The zero-order chi connectivity index (χ0) is 14.3. The third kappa shape index (κ3) is 1.95. The molecule has 1 heterocycles. The molecule has 1 unspecified atom stereocenters. The first-order chi connectivity index (χ1) is 9.58. The Morgan fingerprint density at radius 3 is 2.80 bits per heavy atom. The highest BCUT2D eigenvalue weighted by molar-refractivity contribution is 6.20. The second-order valence-electron chi connectivity index (χ2n) is 4.94. The average Bonchev–Trinajstić information content (AvgIpc) is 2.85. The van der Waals surface area contributed by atoms with Crippen LogP contribution in [-0.2, 0) is 9.59 Å². The number of rotatable bonds is 2. The van der Waals surface area contributed by atoms with Crippen LogP contribution in [0.1, 0.15) is 31.2 Å². The van der Waals surface area contributed by atoms with Gasteiger partial charge in [0.2, 0.25) is 6.79 Å². The van der Waals surface area contributed by atoms with Gasteiger partial charge in [0.15, 0.2) is 23.1 Å². The van der Waals surface area contributed by atoms with E-state index in [1.54, 1.807) is 12.1 Å². The molecule has 0 saturated carbocycles. The van der Waals surface area contributed by atoms with Crippen molar-refractivity contribution in [2.24, 2.45) is 0 Å². The van der Waals surface area contributed by atoms with Gasteiger partial charge in [-0.3, -0.25) is 9.59 Å². The third-order valence-corrected chi connectivity index (χ3v) is 3.68. The van der Waals surface area contributed by atoms with Crippen molar-refractivity contribution in [3.05, 3.63) is 35.1 Å². The Morgan fingerprint density at radius 2 is 2.05 bits per heavy atom. The number of Topliss-reactive ketones (excluding diaryl/α,β-unsaturated/α-hetero) is 2. The van der Waals surface area contributed by atoms with Gasteiger partial charge in [0.1, 0.15) is 5.76 Å². The Kier molecular flexibility index (Phi) is 2.97. The molecular formula is C15H14O5. The maximum absolute atomic E-state index is 11.7. The number of allylic oxidation sites excluding steroid dienone is 2. The van der Waals surface area contributed by atoms with Crippen molar-refractivity contribution in [3.8, 4) is 11.5 Å². The number of hydrogen-bond acceptors (Lipinski definition) is 5. The van der Waals surface area contributed by atoms with Crippen LogP contribution in [0.3, 0.4) is 0 Å². The molecule has 5 heteroatoms. The van der Waals surface area contributed by atoms with E-state index in [1.165, 1.54) is 6.92 Å². The Labute approximate surface area is 115 Å². The normalized spacial score (nSPS) is 21.2. The fourth-order valence-corrected chi connectivity index (χ4v) is 2.69. The molecule has 0 radical (unpaired) electrons. The molecule has 1 atom stereocenters. The zero-order valence-corrected chi connectivity index (χ0v) is 11.0. The van der Waals surface area contributed by atoms with E-state index < -0.39 is 5.78 Å². The molecule has 3 rings (SSSR count). The molecule has 0 fully saturated rings. The minimum absolute atomic E-state index is 0.0704. The van der Waals surface area contributed by atoms with E-state index in [9.17, 15) is 14.7 Å². The predicted octanol–water partition coefficient (Wildman–Crippen LogP) is 2.26. The van der Waals surface area contributed by atoms with Gasteiger partial charge in [-0.15, -0.1) is 0 Å². The Bertz CT molecular complexity index is 629. The summed E-state index contributed by atoms with van der Waals surface area (Å²) in [4.78, 5) is 23.2. The summed E-state index contributed by atoms with van der Waals surface area (Å²) in [5, 5.41) is 10.2. The van der Waals surface area contributed by atoms with Crippen LogP contribution in [0.15, 0.2) is 29.5 Å². The van der Waals surface area contributed by atoms with Gasteiger partial charge >= 0.3 is 0 Å². The SMILES string of the molecule is CC(=O)C1=C(O)C(c2ccc3c(c2)OCO3)CCC1=O. The van der Waals surface area contributed by atoms with Crippen LogP contribution in [0.4, 0.5) is 0 Å². The lowest BCUT2D eigenvalue weighted by atomic mass is 9.82. The molecule has 1 aliphatic heterocycles. The van der Waals surface area contributed by atoms with Crippen molar-refractivity contribution in [3.63, 3.8) is 0 Å². The number of hydrogen-bond donors (Lipinski definition) is 1. The highest BCUT2D eigenvalue weighted by Gasteiger charge is 2.32. The lowest BCUT2D eigenvalue weighted by Crippen LogP contribution is -2.22. The van der Waals surface area contributed by atoms with E-state index in [2.05, 4.69) is 0 Å². The summed E-state index contributed by atoms with van der Waals surface area (Å²) in [5.41, 5.74) is 0.747. The maximum atomic E-state index is 11.7. The van der Waals surface area contributed by atoms with Crippen molar-refractivity contribution >= 4 is 11.6 Å². The quantitative estimate of drug-likeness (QED) is 0.837. The number of carbonyl (C=O) groups excluding carboxylic acids is 2. The summed E-state index contributed by atoms with van der Waals surface area (Å²) < 4.78 is 10.5. The fraction of sp³-hybridized carbons (Fsp3) is 0.333. The van der Waals surface area contributed by atoms with Gasteiger partial charge in [0.25, 0.3) is 0 Å². The van der Waals surface area contributed by atoms with E-state index >= 15 is 0 Å². The number of aliphatic hydroxyl groups is 1. The van der Waals surface area contributed by atoms with Gasteiger partial charge in [0, 0.05) is 12.3 Å². The van der Waals surface area contributed by atoms with Crippen LogP contribution in [-0.4, -0.2) is 23.5 Å². The molecule has 0 aromatic heterocycles. The van der Waals surface area contributed by atoms with Crippen molar-refractivity contribution in [2.75, 3.05) is 6.79 Å². The molecule has 0 amide bonds. The lowest BCUT2D eigenvalue weighted by molar-refractivity contribution is -0.121. The van der Waals surface area contributed by atoms with Gasteiger partial charge in [0.05, 0.1) is 5.57 Å². The summed E-state index contributed by atoms with van der Waals surface area (Å²) in [6, 6.07) is 5.38. The van der Waals surface area contributed by atoms with E-state index in [-0.39, 0.29) is 36.2 Å². The minimum Gasteiger partial charge on any atom is -0.511 e. The maximum Gasteiger partial charge on any atom is 0.231 e. The molecule has 0 spiro atoms. The summed E-state index contributed by atoms with van der Waals surface area (Å²) in [6.07, 6.45) is 0.749. The summed E-state index contributed by atoms with van der Waals surface area (Å²) in [7, 11) is 0. The van der Waals surface area contributed by atoms with Crippen LogP contribution in [0.5, 0.6) is 11.5 Å². The average molecular weight is 274 g/mol. The van der Waals surface area contributed by atoms with Crippen LogP contribution in [0.2, 0.25) is 0 Å². The van der Waals surface area contributed by atoms with E-state index in [0.29, 0.717) is 17.9 Å². The van der Waals surface area contributed by atoms with E-state index in [1.807, 2.05) is 6.07 Å². The molecule has 104 valence electrons. The van der Waals surface area contributed by atoms with Gasteiger partial charge in [-0.05, 0) is 31.0 Å². The summed E-state index contributed by atoms with van der Waals surface area (Å²) in [6.45, 7) is 1.48. The van der Waals surface area contributed by atoms with E-state index in [4.69, 9.17) is 9.47 Å². The third-order valence-electron chi connectivity index (χ3n) is 3.68. The highest BCUT2D eigenvalue weighted by atomic mass is 16.7. The number of ketones is 2. The van der Waals surface area contributed by atoms with Gasteiger partial charge in [-0.1, -0.05) is 6.07 Å². The molecule has 0 saturated heterocycles. The second kappa shape index (κ2) is 4.67. The van der Waals surface area contributed by atoms with Crippen molar-refractivity contribution < 1.29 is 24.2 Å². The Balaban J connectivity index is 2.02. The first kappa shape index (κ1) is 12.7. The van der Waals surface area contributed by atoms with Crippen molar-refractivity contribution in [2.45, 2.75) is 25.7 Å². The van der Waals surface area contributed by atoms with Crippen molar-refractivity contribution in [1.29, 1.82) is 0 Å². The molecule has 1 aliphatic carbocycles. The number of fused-ring (bicyclic) bond motifs is 1. The van der Waals surface area contributed by atoms with Crippen LogP contribution in [0, 0.1) is 0 Å². The molecule has 1 aromatic rings. The molecule has 0 bridgehead atoms. The molecule has 1 N–H and O–H groups in total. The standard InChI is InChI=1S/C15H14O5/c1-8(16)14-11(17)4-3-10(15(14)18)9-2-5-12-13(6-9)20-7-19-12/h2,5-6,10,18H,3-4,7H2,1H3. The topological polar surface area (TPSA) is 72.8 Å². The summed E-state index contributed by atoms with van der Waals surface area (Å²) in [5.74, 6) is 0.131. The molecular weight excluding hydrogens is 260 g/mol. The number of aliphatic hydroxyl groups excluding tert-OH is 1. The van der Waals surface area contributed by atoms with Crippen LogP contribution < -0.4 is 9.47 Å². The van der Waals surface area contributed by atoms with Crippen LogP contribution in [0.25, 0.3) is 0 Å². The highest BCUT2D eigenvalue weighted by Crippen LogP contribution is 2.40. The molecule has 2 aliphatic rings. The van der Waals surface area contributed by atoms with Gasteiger partial charge in [-0.25, -0.2) is 0 Å². The van der Waals surface area contributed by atoms with Crippen molar-refractivity contribution in [1.82, 2.24) is 0 Å². The number of carbonyl (C=O) groups is 2. The number of ether oxygens (including phenoxy) is 2. The lowest BCUT2D eigenvalue weighted by Gasteiger charge is -2.23. The molecule has 5 nitrogen and oxygen atoms in total. The molecule has 20 heavy (non-hydrogen) atoms. The fourth-order valence-electron chi connectivity index (χ4n) is 2.69. The zero-order valence-electron chi connectivity index (χ0n) is 11.0. The smallest absolute Gasteiger partial charge is 0.231 e. The first-order valence-corrected chi connectivity index (χ1v) is 6.44. The predicted molar refractivity (Wildman–Crippen MR) is 69.9 cm³/mol. The Hall–Kier alpha value is -2.30. The van der Waals surface area contributed by atoms with Gasteiger partial charge in [-0.2, -0.15) is 0 Å². The van der Waals surface area contributed by atoms with E-state index in [0.717, 1.165) is 5.56 Å². The molecule has 1 aromatic carbocycles. The summed E-state index contributed by atoms with van der Waals surface area (Å²) >= 11 is 0. The minimum atomic E-state index is -0.391.